The van der Waals surface area contributed by atoms with Crippen molar-refractivity contribution in [2.45, 2.75) is 19.0 Å². The van der Waals surface area contributed by atoms with E-state index < -0.39 is 28.7 Å². The maximum absolute atomic E-state index is 12.2. The van der Waals surface area contributed by atoms with E-state index in [4.69, 9.17) is 5.26 Å². The molecule has 0 atom stereocenters. The highest BCUT2D eigenvalue weighted by molar-refractivity contribution is 7.86. The normalized spacial score (nSPS) is 17.5. The van der Waals surface area contributed by atoms with Crippen LogP contribution in [-0.4, -0.2) is 73.8 Å². The lowest BCUT2D eigenvalue weighted by Gasteiger charge is -2.35. The Kier molecular flexibility index (Phi) is 6.16. The molecule has 0 bridgehead atoms. The van der Waals surface area contributed by atoms with Gasteiger partial charge in [0.1, 0.15) is 6.42 Å². The Morgan fingerprint density at radius 1 is 1.27 bits per heavy atom. The summed E-state index contributed by atoms with van der Waals surface area (Å²) in [5, 5.41) is 8.46. The van der Waals surface area contributed by atoms with Crippen LogP contribution in [0.25, 0.3) is 0 Å². The summed E-state index contributed by atoms with van der Waals surface area (Å²) in [6.45, 7) is -0.266. The first kappa shape index (κ1) is 18.7. The molecular weight excluding hydrogens is 325 g/mol. The predicted octanol–water partition coefficient (Wildman–Crippen LogP) is 0.173. The third kappa shape index (κ3) is 5.11. The van der Waals surface area contributed by atoms with Crippen LogP contribution in [0.1, 0.15) is 12.8 Å². The van der Waals surface area contributed by atoms with Crippen molar-refractivity contribution in [2.24, 2.45) is 0 Å². The van der Waals surface area contributed by atoms with E-state index in [-0.39, 0.29) is 39.1 Å². The van der Waals surface area contributed by atoms with Crippen molar-refractivity contribution in [1.82, 2.24) is 13.5 Å². The summed E-state index contributed by atoms with van der Waals surface area (Å²) < 4.78 is 62.9. The lowest BCUT2D eigenvalue weighted by atomic mass is 10.3. The number of amides is 1. The van der Waals surface area contributed by atoms with E-state index in [0.29, 0.717) is 0 Å². The molecule has 1 saturated heterocycles. The van der Waals surface area contributed by atoms with Crippen molar-refractivity contribution < 1.29 is 26.4 Å². The van der Waals surface area contributed by atoms with E-state index in [0.717, 1.165) is 13.5 Å². The van der Waals surface area contributed by atoms with Crippen molar-refractivity contribution in [3.05, 3.63) is 0 Å². The first-order chi connectivity index (χ1) is 10.1. The first-order valence-electron chi connectivity index (χ1n) is 6.51. The Morgan fingerprint density at radius 3 is 2.27 bits per heavy atom. The second kappa shape index (κ2) is 7.26. The van der Waals surface area contributed by atoms with Gasteiger partial charge in [0.25, 0.3) is 10.2 Å². The number of halogens is 3. The minimum Gasteiger partial charge on any atom is -0.340 e. The molecule has 7 nitrogen and oxygen atoms in total. The van der Waals surface area contributed by atoms with Gasteiger partial charge in [-0.1, -0.05) is 0 Å². The Hall–Kier alpha value is -1.38. The molecule has 1 amide bonds. The number of alkyl halides is 3. The van der Waals surface area contributed by atoms with Crippen LogP contribution in [0.5, 0.6) is 0 Å². The van der Waals surface area contributed by atoms with E-state index in [1.165, 1.54) is 7.05 Å². The average Bonchev–Trinajstić information content (AvgIpc) is 2.43. The van der Waals surface area contributed by atoms with E-state index in [2.05, 4.69) is 0 Å². The van der Waals surface area contributed by atoms with Crippen LogP contribution in [0.2, 0.25) is 0 Å². The number of carbonyl (C=O) groups is 1. The molecule has 126 valence electrons. The molecule has 0 spiro atoms. The minimum absolute atomic E-state index is 0.0338. The highest BCUT2D eigenvalue weighted by Gasteiger charge is 2.36. The lowest BCUT2D eigenvalue weighted by Crippen LogP contribution is -2.54. The topological polar surface area (TPSA) is 84.7 Å². The lowest BCUT2D eigenvalue weighted by molar-refractivity contribution is -0.162. The summed E-state index contributed by atoms with van der Waals surface area (Å²) in [6.07, 6.45) is -6.07. The number of nitrogens with zero attached hydrogens (tertiary/aromatic N) is 4. The van der Waals surface area contributed by atoms with Gasteiger partial charge in [-0.25, -0.2) is 0 Å². The molecule has 0 aliphatic carbocycles. The van der Waals surface area contributed by atoms with E-state index >= 15 is 0 Å². The minimum atomic E-state index is -4.57. The molecule has 1 rings (SSSR count). The fraction of sp³-hybridized carbons (Fsp3) is 0.818. The van der Waals surface area contributed by atoms with E-state index in [9.17, 15) is 26.4 Å². The number of hydrogen-bond acceptors (Lipinski definition) is 4. The summed E-state index contributed by atoms with van der Waals surface area (Å²) in [5.74, 6) is -1.05. The summed E-state index contributed by atoms with van der Waals surface area (Å²) in [4.78, 5) is 12.4. The molecule has 0 aromatic carbocycles. The van der Waals surface area contributed by atoms with Crippen molar-refractivity contribution >= 4 is 16.1 Å². The van der Waals surface area contributed by atoms with Gasteiger partial charge in [0.15, 0.2) is 0 Å². The second-order valence-electron chi connectivity index (χ2n) is 4.81. The second-order valence-corrected chi connectivity index (χ2v) is 6.84. The summed E-state index contributed by atoms with van der Waals surface area (Å²) in [5.41, 5.74) is 0. The number of nitriles is 1. The summed E-state index contributed by atoms with van der Waals surface area (Å²) >= 11 is 0. The number of rotatable bonds is 5. The summed E-state index contributed by atoms with van der Waals surface area (Å²) in [7, 11) is -2.44. The molecule has 0 aromatic heterocycles. The van der Waals surface area contributed by atoms with Crippen LogP contribution >= 0.6 is 0 Å². The zero-order valence-electron chi connectivity index (χ0n) is 12.0. The number of carbonyl (C=O) groups excluding carboxylic acids is 1. The molecule has 0 N–H and O–H groups in total. The van der Waals surface area contributed by atoms with E-state index in [1.54, 1.807) is 0 Å². The van der Waals surface area contributed by atoms with Gasteiger partial charge in [-0.05, 0) is 0 Å². The van der Waals surface area contributed by atoms with Gasteiger partial charge in [0.05, 0.1) is 6.07 Å². The summed E-state index contributed by atoms with van der Waals surface area (Å²) in [6, 6.07) is 1.83. The third-order valence-electron chi connectivity index (χ3n) is 3.20. The molecule has 22 heavy (non-hydrogen) atoms. The van der Waals surface area contributed by atoms with Gasteiger partial charge in [0.2, 0.25) is 5.91 Å². The Morgan fingerprint density at radius 2 is 1.82 bits per heavy atom. The Balaban J connectivity index is 2.58. The zero-order valence-corrected chi connectivity index (χ0v) is 12.8. The molecule has 0 radical (unpaired) electrons. The highest BCUT2D eigenvalue weighted by atomic mass is 32.2. The standard InChI is InChI=1S/C11H17F3N4O3S/c1-16(4-2-3-15)22(20,21)18-7-5-17(6-8-18)10(19)9-11(12,13)14/h2,4-9H2,1H3. The van der Waals surface area contributed by atoms with Crippen LogP contribution in [0, 0.1) is 11.3 Å². The monoisotopic (exact) mass is 342 g/mol. The molecule has 1 aliphatic rings. The van der Waals surface area contributed by atoms with Crippen LogP contribution in [0.3, 0.4) is 0 Å². The smallest absolute Gasteiger partial charge is 0.340 e. The van der Waals surface area contributed by atoms with Gasteiger partial charge in [-0.3, -0.25) is 4.79 Å². The quantitative estimate of drug-likeness (QED) is 0.713. The number of piperazine rings is 1. The van der Waals surface area contributed by atoms with Crippen LogP contribution in [0.4, 0.5) is 13.2 Å². The SMILES string of the molecule is CN(CCC#N)S(=O)(=O)N1CCN(C(=O)CC(F)(F)F)CC1. The molecule has 1 heterocycles. The average molecular weight is 342 g/mol. The first-order valence-corrected chi connectivity index (χ1v) is 7.90. The van der Waals surface area contributed by atoms with Gasteiger partial charge >= 0.3 is 6.18 Å². The fourth-order valence-corrected chi connectivity index (χ4v) is 3.31. The van der Waals surface area contributed by atoms with Gasteiger partial charge < -0.3 is 4.90 Å². The maximum Gasteiger partial charge on any atom is 0.397 e. The molecular formula is C11H17F3N4O3S. The van der Waals surface area contributed by atoms with Gasteiger partial charge in [-0.2, -0.15) is 35.5 Å². The largest absolute Gasteiger partial charge is 0.397 e. The van der Waals surface area contributed by atoms with Gasteiger partial charge in [-0.15, -0.1) is 0 Å². The highest BCUT2D eigenvalue weighted by Crippen LogP contribution is 2.21. The van der Waals surface area contributed by atoms with Crippen molar-refractivity contribution in [3.8, 4) is 6.07 Å². The number of hydrogen-bond donors (Lipinski definition) is 0. The molecule has 0 aromatic rings. The molecule has 1 fully saturated rings. The van der Waals surface area contributed by atoms with E-state index in [1.807, 2.05) is 6.07 Å². The molecule has 1 aliphatic heterocycles. The molecule has 0 saturated carbocycles. The van der Waals surface area contributed by atoms with Crippen molar-refractivity contribution in [3.63, 3.8) is 0 Å². The van der Waals surface area contributed by atoms with Crippen LogP contribution in [-0.2, 0) is 15.0 Å². The Bertz CT molecular complexity index is 536. The predicted molar refractivity (Wildman–Crippen MR) is 70.6 cm³/mol. The Labute approximate surface area is 127 Å². The molecule has 0 unspecified atom stereocenters. The van der Waals surface area contributed by atoms with Crippen molar-refractivity contribution in [1.29, 1.82) is 5.26 Å². The maximum atomic E-state index is 12.2. The third-order valence-corrected chi connectivity index (χ3v) is 5.19. The van der Waals surface area contributed by atoms with Crippen LogP contribution < -0.4 is 0 Å². The fourth-order valence-electron chi connectivity index (χ4n) is 1.97. The van der Waals surface area contributed by atoms with Crippen molar-refractivity contribution in [2.75, 3.05) is 39.8 Å². The molecule has 11 heteroatoms. The zero-order chi connectivity index (χ0) is 17.0. The van der Waals surface area contributed by atoms with Crippen LogP contribution in [0.15, 0.2) is 0 Å². The van der Waals surface area contributed by atoms with Gasteiger partial charge in [0, 0.05) is 46.2 Å².